The van der Waals surface area contributed by atoms with Crippen molar-refractivity contribution in [2.24, 2.45) is 0 Å². The molecule has 0 aliphatic heterocycles. The van der Waals surface area contributed by atoms with Crippen LogP contribution in [-0.4, -0.2) is 13.7 Å². The lowest BCUT2D eigenvalue weighted by Crippen LogP contribution is -2.10. The van der Waals surface area contributed by atoms with Crippen molar-refractivity contribution in [1.29, 1.82) is 5.26 Å². The zero-order valence-corrected chi connectivity index (χ0v) is 13.3. The Labute approximate surface area is 138 Å². The Kier molecular flexibility index (Phi) is 4.21. The summed E-state index contributed by atoms with van der Waals surface area (Å²) in [5.74, 6) is 1.03. The van der Waals surface area contributed by atoms with E-state index in [1.165, 1.54) is 0 Å². The summed E-state index contributed by atoms with van der Waals surface area (Å²) in [4.78, 5) is 12.8. The molecule has 0 radical (unpaired) electrons. The Bertz CT molecular complexity index is 981. The molecule has 5 heteroatoms. The van der Waals surface area contributed by atoms with Crippen LogP contribution >= 0.6 is 0 Å². The van der Waals surface area contributed by atoms with Crippen LogP contribution in [0.25, 0.3) is 22.3 Å². The molecule has 0 unspecified atom stereocenters. The van der Waals surface area contributed by atoms with Gasteiger partial charge in [-0.2, -0.15) is 5.26 Å². The Morgan fingerprint density at radius 2 is 1.92 bits per heavy atom. The number of methoxy groups -OCH3 is 1. The van der Waals surface area contributed by atoms with Gasteiger partial charge in [-0.1, -0.05) is 11.6 Å². The Balaban J connectivity index is 2.26. The number of benzene rings is 2. The fourth-order valence-corrected chi connectivity index (χ4v) is 2.46. The molecule has 0 atom stereocenters. The number of hydrogen-bond donors (Lipinski definition) is 0. The van der Waals surface area contributed by atoms with Gasteiger partial charge in [-0.3, -0.25) is 4.79 Å². The quantitative estimate of drug-likeness (QED) is 0.733. The van der Waals surface area contributed by atoms with Crippen LogP contribution in [-0.2, 0) is 0 Å². The second-order valence-corrected chi connectivity index (χ2v) is 5.26. The van der Waals surface area contributed by atoms with E-state index in [1.54, 1.807) is 43.5 Å². The maximum atomic E-state index is 12.8. The molecule has 0 saturated carbocycles. The van der Waals surface area contributed by atoms with Crippen LogP contribution in [0.15, 0.2) is 51.7 Å². The molecule has 0 aliphatic rings. The van der Waals surface area contributed by atoms with Crippen LogP contribution < -0.4 is 14.9 Å². The highest BCUT2D eigenvalue weighted by Gasteiger charge is 2.18. The Hall–Kier alpha value is -3.26. The van der Waals surface area contributed by atoms with Crippen molar-refractivity contribution in [3.05, 3.63) is 58.3 Å². The van der Waals surface area contributed by atoms with Crippen molar-refractivity contribution in [2.45, 2.75) is 6.92 Å². The SMILES string of the molecule is COc1ccc(-c2oc3ccc(C)cc3c(=O)c2OCC#N)cc1. The number of hydrogen-bond acceptors (Lipinski definition) is 5. The summed E-state index contributed by atoms with van der Waals surface area (Å²) in [6, 6.07) is 14.3. The third-order valence-corrected chi connectivity index (χ3v) is 3.64. The van der Waals surface area contributed by atoms with Crippen LogP contribution in [0.1, 0.15) is 5.56 Å². The third-order valence-electron chi connectivity index (χ3n) is 3.64. The van der Waals surface area contributed by atoms with Gasteiger partial charge < -0.3 is 13.9 Å². The van der Waals surface area contributed by atoms with E-state index < -0.39 is 0 Å². The fraction of sp³-hybridized carbons (Fsp3) is 0.158. The van der Waals surface area contributed by atoms with Crippen molar-refractivity contribution in [3.8, 4) is 28.9 Å². The zero-order chi connectivity index (χ0) is 17.1. The van der Waals surface area contributed by atoms with Gasteiger partial charge in [-0.05, 0) is 43.3 Å². The second kappa shape index (κ2) is 6.47. The highest BCUT2D eigenvalue weighted by atomic mass is 16.5. The molecule has 5 nitrogen and oxygen atoms in total. The van der Waals surface area contributed by atoms with Crippen LogP contribution in [0.2, 0.25) is 0 Å². The summed E-state index contributed by atoms with van der Waals surface area (Å²) in [6.07, 6.45) is 0. The predicted octanol–water partition coefficient (Wildman–Crippen LogP) is 3.68. The topological polar surface area (TPSA) is 72.5 Å². The number of fused-ring (bicyclic) bond motifs is 1. The zero-order valence-electron chi connectivity index (χ0n) is 13.3. The van der Waals surface area contributed by atoms with Gasteiger partial charge in [-0.15, -0.1) is 0 Å². The summed E-state index contributed by atoms with van der Waals surface area (Å²) in [7, 11) is 1.58. The average molecular weight is 321 g/mol. The predicted molar refractivity (Wildman–Crippen MR) is 90.3 cm³/mol. The van der Waals surface area contributed by atoms with Crippen LogP contribution in [0.5, 0.6) is 11.5 Å². The molecule has 0 aliphatic carbocycles. The molecule has 120 valence electrons. The van der Waals surface area contributed by atoms with Crippen LogP contribution in [0.3, 0.4) is 0 Å². The monoisotopic (exact) mass is 321 g/mol. The van der Waals surface area contributed by atoms with Gasteiger partial charge >= 0.3 is 0 Å². The molecule has 3 rings (SSSR count). The number of aryl methyl sites for hydroxylation is 1. The van der Waals surface area contributed by atoms with Crippen LogP contribution in [0.4, 0.5) is 0 Å². The number of nitrogens with zero attached hydrogens (tertiary/aromatic N) is 1. The van der Waals surface area contributed by atoms with Gasteiger partial charge in [0.25, 0.3) is 0 Å². The van der Waals surface area contributed by atoms with Gasteiger partial charge in [0.1, 0.15) is 17.4 Å². The fourth-order valence-electron chi connectivity index (χ4n) is 2.46. The van der Waals surface area contributed by atoms with E-state index in [9.17, 15) is 4.79 Å². The van der Waals surface area contributed by atoms with Gasteiger partial charge in [0, 0.05) is 5.56 Å². The van der Waals surface area contributed by atoms with Crippen molar-refractivity contribution >= 4 is 11.0 Å². The Morgan fingerprint density at radius 1 is 1.17 bits per heavy atom. The van der Waals surface area contributed by atoms with Crippen LogP contribution in [0, 0.1) is 18.3 Å². The first kappa shape index (κ1) is 15.6. The maximum absolute atomic E-state index is 12.8. The number of rotatable bonds is 4. The minimum Gasteiger partial charge on any atom is -0.497 e. The van der Waals surface area contributed by atoms with E-state index in [-0.39, 0.29) is 17.8 Å². The van der Waals surface area contributed by atoms with E-state index in [4.69, 9.17) is 19.2 Å². The molecule has 0 amide bonds. The van der Waals surface area contributed by atoms with Gasteiger partial charge in [0.05, 0.1) is 12.5 Å². The number of nitriles is 1. The van der Waals surface area contributed by atoms with Crippen molar-refractivity contribution in [3.63, 3.8) is 0 Å². The minimum atomic E-state index is -0.291. The smallest absolute Gasteiger partial charge is 0.235 e. The lowest BCUT2D eigenvalue weighted by Gasteiger charge is -2.10. The molecule has 0 fully saturated rings. The lowest BCUT2D eigenvalue weighted by atomic mass is 10.1. The second-order valence-electron chi connectivity index (χ2n) is 5.26. The molecular weight excluding hydrogens is 306 g/mol. The van der Waals surface area contributed by atoms with Gasteiger partial charge in [-0.25, -0.2) is 0 Å². The Morgan fingerprint density at radius 3 is 2.58 bits per heavy atom. The molecule has 2 aromatic carbocycles. The lowest BCUT2D eigenvalue weighted by molar-refractivity contribution is 0.356. The summed E-state index contributed by atoms with van der Waals surface area (Å²) < 4.78 is 16.4. The molecule has 0 spiro atoms. The summed E-state index contributed by atoms with van der Waals surface area (Å²) in [5.41, 5.74) is 1.79. The molecule has 1 heterocycles. The third kappa shape index (κ3) is 2.82. The summed E-state index contributed by atoms with van der Waals surface area (Å²) in [6.45, 7) is 1.66. The molecule has 3 aromatic rings. The molecular formula is C19H15NO4. The highest BCUT2D eigenvalue weighted by molar-refractivity contribution is 5.82. The molecule has 1 aromatic heterocycles. The van der Waals surface area contributed by atoms with Gasteiger partial charge in [0.15, 0.2) is 12.4 Å². The average Bonchev–Trinajstić information content (AvgIpc) is 2.61. The standard InChI is InChI=1S/C19H15NO4/c1-12-3-8-16-15(11-12)17(21)19(23-10-9-20)18(24-16)13-4-6-14(22-2)7-5-13/h3-8,11H,10H2,1-2H3. The summed E-state index contributed by atoms with van der Waals surface area (Å²) >= 11 is 0. The highest BCUT2D eigenvalue weighted by Crippen LogP contribution is 2.32. The van der Waals surface area contributed by atoms with E-state index in [0.29, 0.717) is 28.0 Å². The first-order chi connectivity index (χ1) is 11.6. The van der Waals surface area contributed by atoms with Crippen molar-refractivity contribution in [2.75, 3.05) is 13.7 Å². The molecule has 0 N–H and O–H groups in total. The van der Waals surface area contributed by atoms with E-state index in [2.05, 4.69) is 0 Å². The minimum absolute atomic E-state index is 0.0415. The molecule has 24 heavy (non-hydrogen) atoms. The first-order valence-electron chi connectivity index (χ1n) is 7.35. The van der Waals surface area contributed by atoms with E-state index in [1.807, 2.05) is 19.1 Å². The van der Waals surface area contributed by atoms with Crippen molar-refractivity contribution < 1.29 is 13.9 Å². The first-order valence-corrected chi connectivity index (χ1v) is 7.35. The maximum Gasteiger partial charge on any atom is 0.235 e. The summed E-state index contributed by atoms with van der Waals surface area (Å²) in [5, 5.41) is 9.21. The largest absolute Gasteiger partial charge is 0.497 e. The van der Waals surface area contributed by atoms with Gasteiger partial charge in [0.2, 0.25) is 11.2 Å². The van der Waals surface area contributed by atoms with E-state index >= 15 is 0 Å². The normalized spacial score (nSPS) is 10.4. The molecule has 0 bridgehead atoms. The van der Waals surface area contributed by atoms with E-state index in [0.717, 1.165) is 5.56 Å². The molecule has 0 saturated heterocycles. The van der Waals surface area contributed by atoms with Crippen molar-refractivity contribution in [1.82, 2.24) is 0 Å². The number of ether oxygens (including phenoxy) is 2.